The van der Waals surface area contributed by atoms with Gasteiger partial charge in [0.15, 0.2) is 5.16 Å². The van der Waals surface area contributed by atoms with Crippen LogP contribution in [0.4, 0.5) is 0 Å². The number of aromatic nitrogens is 2. The molecule has 0 bridgehead atoms. The van der Waals surface area contributed by atoms with E-state index in [0.717, 1.165) is 5.56 Å². The van der Waals surface area contributed by atoms with E-state index in [4.69, 9.17) is 10.2 Å². The van der Waals surface area contributed by atoms with Crippen LogP contribution in [0.25, 0.3) is 21.5 Å². The highest BCUT2D eigenvalue weighted by atomic mass is 32.2. The highest BCUT2D eigenvalue weighted by molar-refractivity contribution is 7.99. The molecule has 0 aliphatic rings. The van der Waals surface area contributed by atoms with Crippen LogP contribution in [-0.2, 0) is 11.3 Å². The van der Waals surface area contributed by atoms with Crippen molar-refractivity contribution < 1.29 is 9.21 Å². The molecule has 0 spiro atoms. The molecule has 22 heavy (non-hydrogen) atoms. The van der Waals surface area contributed by atoms with Crippen LogP contribution in [0.3, 0.4) is 0 Å². The number of nitrogens with two attached hydrogens (primary N) is 1. The number of thioether (sulfide) groups is 1. The van der Waals surface area contributed by atoms with Gasteiger partial charge in [-0.2, -0.15) is 0 Å². The number of amides is 1. The molecule has 6 nitrogen and oxygen atoms in total. The maximum absolute atomic E-state index is 12.8. The van der Waals surface area contributed by atoms with Crippen molar-refractivity contribution in [3.8, 4) is 11.3 Å². The second kappa shape index (κ2) is 5.98. The van der Waals surface area contributed by atoms with Crippen LogP contribution < -0.4 is 11.3 Å². The summed E-state index contributed by atoms with van der Waals surface area (Å²) in [7, 11) is 0. The number of thiophene rings is 1. The van der Waals surface area contributed by atoms with Gasteiger partial charge in [0.05, 0.1) is 17.4 Å². The second-order valence-corrected chi connectivity index (χ2v) is 6.31. The van der Waals surface area contributed by atoms with Crippen LogP contribution in [0.5, 0.6) is 0 Å². The fraction of sp³-hybridized carbons (Fsp3) is 0.214. The Balaban J connectivity index is 2.18. The Morgan fingerprint density at radius 3 is 3.00 bits per heavy atom. The van der Waals surface area contributed by atoms with Crippen molar-refractivity contribution in [2.45, 2.75) is 18.6 Å². The molecule has 0 fully saturated rings. The molecule has 0 aliphatic heterocycles. The number of furan rings is 1. The quantitative estimate of drug-likeness (QED) is 0.571. The lowest BCUT2D eigenvalue weighted by molar-refractivity contribution is -0.115. The van der Waals surface area contributed by atoms with Gasteiger partial charge < -0.3 is 10.2 Å². The molecule has 8 heteroatoms. The van der Waals surface area contributed by atoms with E-state index in [9.17, 15) is 9.59 Å². The smallest absolute Gasteiger partial charge is 0.263 e. The zero-order chi connectivity index (χ0) is 15.7. The molecule has 0 atom stereocenters. The molecule has 0 saturated carbocycles. The van der Waals surface area contributed by atoms with Crippen LogP contribution >= 0.6 is 23.1 Å². The van der Waals surface area contributed by atoms with E-state index in [1.54, 1.807) is 16.9 Å². The van der Waals surface area contributed by atoms with Gasteiger partial charge in [-0.1, -0.05) is 11.8 Å². The first kappa shape index (κ1) is 14.9. The SMILES string of the molecule is CCn1c(SCC(N)=O)nc2scc(-c3ccco3)c2c1=O. The minimum atomic E-state index is -0.440. The summed E-state index contributed by atoms with van der Waals surface area (Å²) in [4.78, 5) is 28.9. The Bertz CT molecular complexity index is 881. The van der Waals surface area contributed by atoms with E-state index >= 15 is 0 Å². The van der Waals surface area contributed by atoms with Gasteiger partial charge in [0, 0.05) is 17.5 Å². The number of hydrogen-bond acceptors (Lipinski definition) is 6. The Labute approximate surface area is 133 Å². The van der Waals surface area contributed by atoms with Crippen molar-refractivity contribution in [3.63, 3.8) is 0 Å². The molecule has 0 aromatic carbocycles. The molecule has 3 heterocycles. The number of primary amides is 1. The fourth-order valence-electron chi connectivity index (χ4n) is 2.14. The minimum Gasteiger partial charge on any atom is -0.464 e. The van der Waals surface area contributed by atoms with E-state index in [1.165, 1.54) is 23.1 Å². The molecule has 3 rings (SSSR count). The number of carbonyl (C=O) groups is 1. The predicted octanol–water partition coefficient (Wildman–Crippen LogP) is 2.32. The molecule has 0 saturated heterocycles. The van der Waals surface area contributed by atoms with E-state index in [-0.39, 0.29) is 11.3 Å². The topological polar surface area (TPSA) is 91.1 Å². The van der Waals surface area contributed by atoms with Crippen molar-refractivity contribution in [2.24, 2.45) is 5.73 Å². The van der Waals surface area contributed by atoms with Crippen molar-refractivity contribution >= 4 is 39.2 Å². The maximum atomic E-state index is 12.8. The first-order valence-electron chi connectivity index (χ1n) is 6.58. The van der Waals surface area contributed by atoms with Gasteiger partial charge >= 0.3 is 0 Å². The van der Waals surface area contributed by atoms with Crippen molar-refractivity contribution in [2.75, 3.05) is 5.75 Å². The van der Waals surface area contributed by atoms with Gasteiger partial charge in [0.25, 0.3) is 5.56 Å². The molecule has 2 N–H and O–H groups in total. The summed E-state index contributed by atoms with van der Waals surface area (Å²) in [5.41, 5.74) is 5.78. The van der Waals surface area contributed by atoms with Gasteiger partial charge in [0.2, 0.25) is 5.91 Å². The van der Waals surface area contributed by atoms with Crippen LogP contribution in [0.1, 0.15) is 6.92 Å². The molecule has 3 aromatic heterocycles. The van der Waals surface area contributed by atoms with Crippen LogP contribution in [-0.4, -0.2) is 21.2 Å². The number of hydrogen-bond donors (Lipinski definition) is 1. The standard InChI is InChI=1S/C14H13N3O3S2/c1-2-17-13(19)11-8(9-4-3-5-20-9)6-21-12(11)16-14(17)22-7-10(15)18/h3-6H,2,7H2,1H3,(H2,15,18). The summed E-state index contributed by atoms with van der Waals surface area (Å²) in [6.45, 7) is 2.33. The second-order valence-electron chi connectivity index (χ2n) is 4.51. The van der Waals surface area contributed by atoms with Gasteiger partial charge in [0.1, 0.15) is 10.6 Å². The number of carbonyl (C=O) groups excluding carboxylic acids is 1. The number of nitrogens with zero attached hydrogens (tertiary/aromatic N) is 2. The Hall–Kier alpha value is -2.06. The first-order chi connectivity index (χ1) is 10.6. The highest BCUT2D eigenvalue weighted by Crippen LogP contribution is 2.32. The van der Waals surface area contributed by atoms with Crippen molar-refractivity contribution in [1.82, 2.24) is 9.55 Å². The molecule has 0 radical (unpaired) electrons. The van der Waals surface area contributed by atoms with Gasteiger partial charge in [-0.15, -0.1) is 11.3 Å². The molecular formula is C14H13N3O3S2. The van der Waals surface area contributed by atoms with Crippen LogP contribution in [0.15, 0.2) is 38.1 Å². The maximum Gasteiger partial charge on any atom is 0.263 e. The predicted molar refractivity (Wildman–Crippen MR) is 87.2 cm³/mol. The lowest BCUT2D eigenvalue weighted by atomic mass is 10.2. The van der Waals surface area contributed by atoms with Crippen LogP contribution in [0.2, 0.25) is 0 Å². The summed E-state index contributed by atoms with van der Waals surface area (Å²) in [6.07, 6.45) is 1.57. The average Bonchev–Trinajstić information content (AvgIpc) is 3.13. The van der Waals surface area contributed by atoms with E-state index in [2.05, 4.69) is 4.98 Å². The van der Waals surface area contributed by atoms with Crippen molar-refractivity contribution in [1.29, 1.82) is 0 Å². The fourth-order valence-corrected chi connectivity index (χ4v) is 3.91. The Kier molecular flexibility index (Phi) is 4.04. The zero-order valence-electron chi connectivity index (χ0n) is 11.7. The summed E-state index contributed by atoms with van der Waals surface area (Å²) >= 11 is 2.56. The van der Waals surface area contributed by atoms with Gasteiger partial charge in [-0.05, 0) is 19.1 Å². The molecule has 0 aliphatic carbocycles. The molecule has 114 valence electrons. The van der Waals surface area contributed by atoms with Gasteiger partial charge in [-0.25, -0.2) is 4.98 Å². The van der Waals surface area contributed by atoms with E-state index < -0.39 is 5.91 Å². The molecular weight excluding hydrogens is 322 g/mol. The lowest BCUT2D eigenvalue weighted by Crippen LogP contribution is -2.23. The van der Waals surface area contributed by atoms with Crippen molar-refractivity contribution in [3.05, 3.63) is 34.1 Å². The Morgan fingerprint density at radius 2 is 2.36 bits per heavy atom. The monoisotopic (exact) mass is 335 g/mol. The molecule has 3 aromatic rings. The van der Waals surface area contributed by atoms with Gasteiger partial charge in [-0.3, -0.25) is 14.2 Å². The Morgan fingerprint density at radius 1 is 1.55 bits per heavy atom. The molecule has 1 amide bonds. The normalized spacial score (nSPS) is 11.1. The summed E-state index contributed by atoms with van der Waals surface area (Å²) < 4.78 is 6.94. The minimum absolute atomic E-state index is 0.0916. The summed E-state index contributed by atoms with van der Waals surface area (Å²) in [6, 6.07) is 3.59. The van der Waals surface area contributed by atoms with E-state index in [1.807, 2.05) is 18.4 Å². The first-order valence-corrected chi connectivity index (χ1v) is 8.45. The molecule has 0 unspecified atom stereocenters. The highest BCUT2D eigenvalue weighted by Gasteiger charge is 2.18. The third-order valence-electron chi connectivity index (χ3n) is 3.11. The largest absolute Gasteiger partial charge is 0.464 e. The summed E-state index contributed by atoms with van der Waals surface area (Å²) in [5.74, 6) is 0.295. The third-order valence-corrected chi connectivity index (χ3v) is 4.98. The average molecular weight is 335 g/mol. The van der Waals surface area contributed by atoms with E-state index in [0.29, 0.717) is 27.7 Å². The number of rotatable bonds is 5. The van der Waals surface area contributed by atoms with Crippen LogP contribution in [0, 0.1) is 0 Å². The zero-order valence-corrected chi connectivity index (χ0v) is 13.4. The third kappa shape index (κ3) is 2.55. The number of fused-ring (bicyclic) bond motifs is 1. The summed E-state index contributed by atoms with van der Waals surface area (Å²) in [5, 5.41) is 2.91. The lowest BCUT2D eigenvalue weighted by Gasteiger charge is -2.09.